The number of rotatable bonds is 2. The van der Waals surface area contributed by atoms with E-state index in [1.54, 1.807) is 18.7 Å². The number of hydrogen-bond donors (Lipinski definition) is 2. The fourth-order valence-corrected chi connectivity index (χ4v) is 4.13. The zero-order chi connectivity index (χ0) is 11.3. The minimum Gasteiger partial charge on any atom is -0.477 e. The molecule has 2 N–H and O–H groups in total. The van der Waals surface area contributed by atoms with Crippen LogP contribution in [0.1, 0.15) is 13.8 Å². The van der Waals surface area contributed by atoms with Gasteiger partial charge in [-0.15, -0.1) is 11.8 Å². The van der Waals surface area contributed by atoms with E-state index in [2.05, 4.69) is 0 Å². The van der Waals surface area contributed by atoms with Gasteiger partial charge in [-0.2, -0.15) is 0 Å². The predicted octanol–water partition coefficient (Wildman–Crippen LogP) is 1.02. The first-order chi connectivity index (χ1) is 6.95. The lowest BCUT2D eigenvalue weighted by atomic mass is 9.93. The molecule has 0 aliphatic carbocycles. The molecule has 1 unspecified atom stereocenters. The maximum Gasteiger partial charge on any atom is 0.353 e. The van der Waals surface area contributed by atoms with Crippen molar-refractivity contribution in [2.45, 2.75) is 25.3 Å². The number of allylic oxidation sites excluding steroid dienone is 1. The Morgan fingerprint density at radius 1 is 1.67 bits per heavy atom. The Hall–Kier alpha value is -0.590. The quantitative estimate of drug-likeness (QED) is 0.708. The molecule has 2 heterocycles. The van der Waals surface area contributed by atoms with Gasteiger partial charge in [0, 0.05) is 4.91 Å². The summed E-state index contributed by atoms with van der Waals surface area (Å²) < 4.78 is 0. The molecule has 0 aromatic rings. The number of hydrogen-bond acceptors (Lipinski definition) is 4. The van der Waals surface area contributed by atoms with Crippen molar-refractivity contribution in [1.29, 1.82) is 0 Å². The Labute approximate surface area is 96.9 Å². The van der Waals surface area contributed by atoms with Crippen LogP contribution in [0.2, 0.25) is 0 Å². The van der Waals surface area contributed by atoms with Gasteiger partial charge in [0.05, 0.1) is 22.4 Å². The predicted molar refractivity (Wildman–Crippen MR) is 61.3 cm³/mol. The third-order valence-electron chi connectivity index (χ3n) is 2.68. The number of thiocarbonyl (C=S) groups is 1. The van der Waals surface area contributed by atoms with Crippen LogP contribution in [-0.4, -0.2) is 37.5 Å². The Kier molecular flexibility index (Phi) is 2.52. The van der Waals surface area contributed by atoms with Gasteiger partial charge in [0.15, 0.2) is 0 Å². The van der Waals surface area contributed by atoms with Crippen molar-refractivity contribution in [3.8, 4) is 0 Å². The molecule has 0 aromatic heterocycles. The Morgan fingerprint density at radius 3 is 2.73 bits per heavy atom. The number of aliphatic hydroxyl groups excluding tert-OH is 1. The van der Waals surface area contributed by atoms with E-state index in [1.807, 2.05) is 0 Å². The first-order valence-electron chi connectivity index (χ1n) is 4.57. The topological polar surface area (TPSA) is 60.8 Å². The van der Waals surface area contributed by atoms with Crippen LogP contribution in [0.4, 0.5) is 0 Å². The maximum absolute atomic E-state index is 11.0. The molecule has 0 aromatic carbocycles. The summed E-state index contributed by atoms with van der Waals surface area (Å²) in [4.78, 5) is 13.9. The van der Waals surface area contributed by atoms with Gasteiger partial charge >= 0.3 is 5.97 Å². The molecule has 0 saturated carbocycles. The smallest absolute Gasteiger partial charge is 0.353 e. The lowest BCUT2D eigenvalue weighted by molar-refractivity contribution is -0.134. The number of fused-ring (bicyclic) bond motifs is 1. The first kappa shape index (κ1) is 10.9. The zero-order valence-electron chi connectivity index (χ0n) is 8.30. The van der Waals surface area contributed by atoms with Crippen LogP contribution < -0.4 is 0 Å². The van der Waals surface area contributed by atoms with Gasteiger partial charge in [-0.1, -0.05) is 12.2 Å². The molecule has 82 valence electrons. The monoisotopic (exact) mass is 245 g/mol. The van der Waals surface area contributed by atoms with Gasteiger partial charge in [0.1, 0.15) is 5.70 Å². The number of nitrogens with zero attached hydrogens (tertiary/aromatic N) is 1. The van der Waals surface area contributed by atoms with Gasteiger partial charge in [-0.25, -0.2) is 4.79 Å². The molecule has 1 saturated heterocycles. The fraction of sp³-hybridized carbons (Fsp3) is 0.556. The third-order valence-corrected chi connectivity index (χ3v) is 4.44. The molecule has 15 heavy (non-hydrogen) atoms. The highest BCUT2D eigenvalue weighted by Crippen LogP contribution is 2.50. The molecular formula is C9H11NO3S2. The van der Waals surface area contributed by atoms with E-state index in [0.717, 1.165) is 4.91 Å². The molecule has 2 aliphatic rings. The van der Waals surface area contributed by atoms with Gasteiger partial charge in [-0.05, 0) is 13.8 Å². The minimum absolute atomic E-state index is 0.0244. The highest BCUT2D eigenvalue weighted by Gasteiger charge is 2.53. The molecule has 1 fully saturated rings. The van der Waals surface area contributed by atoms with Crippen molar-refractivity contribution >= 4 is 34.9 Å². The molecule has 0 bridgehead atoms. The summed E-state index contributed by atoms with van der Waals surface area (Å²) in [6.45, 7) is 3.46. The van der Waals surface area contributed by atoms with E-state index in [9.17, 15) is 9.90 Å². The lowest BCUT2D eigenvalue weighted by Crippen LogP contribution is -2.59. The van der Waals surface area contributed by atoms with Crippen molar-refractivity contribution in [1.82, 2.24) is 4.90 Å². The minimum atomic E-state index is -0.950. The van der Waals surface area contributed by atoms with Gasteiger partial charge in [0.25, 0.3) is 0 Å². The average molecular weight is 245 g/mol. The summed E-state index contributed by atoms with van der Waals surface area (Å²) in [5.41, 5.74) is 0.270. The SMILES string of the molecule is CC1=C(C(=O)O)N2C(=S)[C@@H](C(C)O)[C@H]2S1. The summed E-state index contributed by atoms with van der Waals surface area (Å²) in [6.07, 6.45) is -0.521. The van der Waals surface area contributed by atoms with E-state index in [1.165, 1.54) is 11.8 Å². The van der Waals surface area contributed by atoms with Crippen LogP contribution in [0, 0.1) is 5.92 Å². The van der Waals surface area contributed by atoms with Crippen LogP contribution in [-0.2, 0) is 4.79 Å². The van der Waals surface area contributed by atoms with Crippen molar-refractivity contribution < 1.29 is 15.0 Å². The van der Waals surface area contributed by atoms with Crippen LogP contribution in [0.25, 0.3) is 0 Å². The van der Waals surface area contributed by atoms with Crippen LogP contribution in [0.15, 0.2) is 10.6 Å². The molecule has 0 radical (unpaired) electrons. The normalized spacial score (nSPS) is 31.4. The van der Waals surface area contributed by atoms with Crippen molar-refractivity contribution in [3.05, 3.63) is 10.6 Å². The number of carboxylic acid groups (broad SMARTS) is 1. The summed E-state index contributed by atoms with van der Waals surface area (Å²) in [6, 6.07) is 0. The Bertz CT molecular complexity index is 378. The van der Waals surface area contributed by atoms with Crippen LogP contribution in [0.5, 0.6) is 0 Å². The first-order valence-corrected chi connectivity index (χ1v) is 5.86. The highest BCUT2D eigenvalue weighted by atomic mass is 32.2. The molecular weight excluding hydrogens is 234 g/mol. The highest BCUT2D eigenvalue weighted by molar-refractivity contribution is 8.04. The number of carbonyl (C=O) groups is 1. The molecule has 0 spiro atoms. The van der Waals surface area contributed by atoms with Gasteiger partial charge in [0.2, 0.25) is 0 Å². The molecule has 3 atom stereocenters. The van der Waals surface area contributed by atoms with E-state index in [-0.39, 0.29) is 17.0 Å². The lowest BCUT2D eigenvalue weighted by Gasteiger charge is -2.46. The van der Waals surface area contributed by atoms with Crippen LogP contribution >= 0.6 is 24.0 Å². The standard InChI is InChI=1S/C9H11NO3S2/c1-3(11)5-7(14)10-6(9(12)13)4(2)15-8(5)10/h3,5,8,11H,1-2H3,(H,12,13)/t3?,5-,8-/m1/s1. The average Bonchev–Trinajstić information content (AvgIpc) is 2.38. The second-order valence-corrected chi connectivity index (χ2v) is 5.44. The number of aliphatic carboxylic acids is 1. The van der Waals surface area contributed by atoms with E-state index >= 15 is 0 Å². The number of thioether (sulfide) groups is 1. The summed E-state index contributed by atoms with van der Waals surface area (Å²) in [5, 5.41) is 18.5. The van der Waals surface area contributed by atoms with Crippen molar-refractivity contribution in [2.75, 3.05) is 0 Å². The number of carboxylic acids is 1. The fourth-order valence-electron chi connectivity index (χ4n) is 1.95. The van der Waals surface area contributed by atoms with Crippen molar-refractivity contribution in [3.63, 3.8) is 0 Å². The molecule has 6 heteroatoms. The Morgan fingerprint density at radius 2 is 2.27 bits per heavy atom. The van der Waals surface area contributed by atoms with E-state index in [4.69, 9.17) is 17.3 Å². The zero-order valence-corrected chi connectivity index (χ0v) is 9.93. The van der Waals surface area contributed by atoms with Gasteiger partial charge in [-0.3, -0.25) is 0 Å². The number of aliphatic hydroxyl groups is 1. The summed E-state index contributed by atoms with van der Waals surface area (Å²) in [7, 11) is 0. The molecule has 0 amide bonds. The largest absolute Gasteiger partial charge is 0.477 e. The molecule has 2 rings (SSSR count). The summed E-state index contributed by atoms with van der Waals surface area (Å²) in [5.74, 6) is -1.05. The maximum atomic E-state index is 11.0. The third kappa shape index (κ3) is 1.39. The summed E-state index contributed by atoms with van der Waals surface area (Å²) >= 11 is 6.59. The second kappa shape index (κ2) is 3.47. The van der Waals surface area contributed by atoms with Gasteiger partial charge < -0.3 is 15.1 Å². The van der Waals surface area contributed by atoms with Crippen molar-refractivity contribution in [2.24, 2.45) is 5.92 Å². The second-order valence-electron chi connectivity index (χ2n) is 3.69. The van der Waals surface area contributed by atoms with Crippen LogP contribution in [0.3, 0.4) is 0 Å². The molecule has 2 aliphatic heterocycles. The molecule has 4 nitrogen and oxygen atoms in total. The van der Waals surface area contributed by atoms with E-state index < -0.39 is 12.1 Å². The van der Waals surface area contributed by atoms with E-state index in [0.29, 0.717) is 4.99 Å². The Balaban J connectivity index is 2.27.